The Labute approximate surface area is 63.6 Å². The Hall–Kier alpha value is -0.0800. The molecule has 2 atom stereocenters. The first-order chi connectivity index (χ1) is 4.54. The number of aliphatic hydroxyl groups excluding tert-OH is 1. The van der Waals surface area contributed by atoms with Gasteiger partial charge in [-0.15, -0.1) is 0 Å². The van der Waals surface area contributed by atoms with Gasteiger partial charge in [-0.3, -0.25) is 0 Å². The van der Waals surface area contributed by atoms with Gasteiger partial charge in [0.25, 0.3) is 0 Å². The highest BCUT2D eigenvalue weighted by molar-refractivity contribution is 4.65. The van der Waals surface area contributed by atoms with Crippen LogP contribution in [0.1, 0.15) is 27.7 Å². The number of aliphatic hydroxyl groups is 1. The summed E-state index contributed by atoms with van der Waals surface area (Å²) in [6.45, 7) is 8.95. The van der Waals surface area contributed by atoms with Gasteiger partial charge in [-0.05, 0) is 19.8 Å². The zero-order chi connectivity index (χ0) is 8.15. The lowest BCUT2D eigenvalue weighted by Crippen LogP contribution is -2.35. The molecule has 0 radical (unpaired) electrons. The van der Waals surface area contributed by atoms with Crippen molar-refractivity contribution in [2.45, 2.75) is 39.8 Å². The molecule has 0 fully saturated rings. The van der Waals surface area contributed by atoms with E-state index in [2.05, 4.69) is 26.1 Å². The van der Waals surface area contributed by atoms with Crippen molar-refractivity contribution < 1.29 is 5.11 Å². The van der Waals surface area contributed by atoms with Gasteiger partial charge in [0, 0.05) is 12.6 Å². The van der Waals surface area contributed by atoms with Crippen LogP contribution in [0.15, 0.2) is 0 Å². The summed E-state index contributed by atoms with van der Waals surface area (Å²) >= 11 is 0. The van der Waals surface area contributed by atoms with Gasteiger partial charge in [0.15, 0.2) is 0 Å². The predicted molar refractivity (Wildman–Crippen MR) is 44.0 cm³/mol. The molecule has 0 rings (SSSR count). The maximum absolute atomic E-state index is 8.92. The van der Waals surface area contributed by atoms with Gasteiger partial charge in [-0.2, -0.15) is 0 Å². The third-order valence-corrected chi connectivity index (χ3v) is 1.74. The van der Waals surface area contributed by atoms with Crippen LogP contribution in [0.25, 0.3) is 0 Å². The van der Waals surface area contributed by atoms with E-state index >= 15 is 0 Å². The van der Waals surface area contributed by atoms with Crippen LogP contribution in [0.5, 0.6) is 0 Å². The molecule has 0 aromatic rings. The van der Waals surface area contributed by atoms with Crippen molar-refractivity contribution >= 4 is 0 Å². The standard InChI is InChI=1S/C8H19NO/c1-6(2)8(4)9-5-7(3)10/h6-10H,5H2,1-4H3/t7-,8-/m0/s1. The highest BCUT2D eigenvalue weighted by Gasteiger charge is 2.05. The molecule has 0 spiro atoms. The van der Waals surface area contributed by atoms with Crippen LogP contribution in [0, 0.1) is 5.92 Å². The van der Waals surface area contributed by atoms with Crippen LogP contribution in [-0.4, -0.2) is 23.8 Å². The zero-order valence-corrected chi connectivity index (χ0v) is 7.39. The minimum Gasteiger partial charge on any atom is -0.392 e. The van der Waals surface area contributed by atoms with Gasteiger partial charge < -0.3 is 10.4 Å². The van der Waals surface area contributed by atoms with Crippen molar-refractivity contribution in [2.75, 3.05) is 6.54 Å². The molecular weight excluding hydrogens is 126 g/mol. The Kier molecular flexibility index (Phi) is 4.65. The molecule has 2 heteroatoms. The van der Waals surface area contributed by atoms with E-state index < -0.39 is 0 Å². The van der Waals surface area contributed by atoms with Crippen molar-refractivity contribution in [3.8, 4) is 0 Å². The predicted octanol–water partition coefficient (Wildman–Crippen LogP) is 1.00. The van der Waals surface area contributed by atoms with E-state index in [-0.39, 0.29) is 6.10 Å². The maximum Gasteiger partial charge on any atom is 0.0636 e. The van der Waals surface area contributed by atoms with Crippen LogP contribution in [0.2, 0.25) is 0 Å². The third-order valence-electron chi connectivity index (χ3n) is 1.74. The second-order valence-corrected chi connectivity index (χ2v) is 3.29. The highest BCUT2D eigenvalue weighted by Crippen LogP contribution is 1.98. The smallest absolute Gasteiger partial charge is 0.0636 e. The van der Waals surface area contributed by atoms with Crippen molar-refractivity contribution in [3.63, 3.8) is 0 Å². The van der Waals surface area contributed by atoms with Gasteiger partial charge in [-0.1, -0.05) is 13.8 Å². The molecule has 62 valence electrons. The van der Waals surface area contributed by atoms with Crippen LogP contribution in [-0.2, 0) is 0 Å². The van der Waals surface area contributed by atoms with E-state index in [4.69, 9.17) is 5.11 Å². The molecule has 0 aromatic heterocycles. The second kappa shape index (κ2) is 4.69. The van der Waals surface area contributed by atoms with Crippen LogP contribution < -0.4 is 5.32 Å². The Morgan fingerprint density at radius 2 is 1.70 bits per heavy atom. The Morgan fingerprint density at radius 1 is 1.20 bits per heavy atom. The summed E-state index contributed by atoms with van der Waals surface area (Å²) in [5.41, 5.74) is 0. The quantitative estimate of drug-likeness (QED) is 0.618. The fourth-order valence-corrected chi connectivity index (χ4v) is 0.592. The summed E-state index contributed by atoms with van der Waals surface area (Å²) in [6.07, 6.45) is -0.235. The zero-order valence-electron chi connectivity index (χ0n) is 7.39. The first kappa shape index (κ1) is 9.92. The Bertz CT molecular complexity index is 81.3. The van der Waals surface area contributed by atoms with Gasteiger partial charge >= 0.3 is 0 Å². The molecule has 0 unspecified atom stereocenters. The lowest BCUT2D eigenvalue weighted by Gasteiger charge is -2.18. The monoisotopic (exact) mass is 145 g/mol. The summed E-state index contributed by atoms with van der Waals surface area (Å²) in [5.74, 6) is 0.638. The normalized spacial score (nSPS) is 17.4. The maximum atomic E-state index is 8.92. The lowest BCUT2D eigenvalue weighted by molar-refractivity contribution is 0.183. The molecule has 0 aliphatic carbocycles. The summed E-state index contributed by atoms with van der Waals surface area (Å²) < 4.78 is 0. The Morgan fingerprint density at radius 3 is 2.00 bits per heavy atom. The number of nitrogens with one attached hydrogen (secondary N) is 1. The molecule has 0 aliphatic rings. The number of hydrogen-bond acceptors (Lipinski definition) is 2. The van der Waals surface area contributed by atoms with E-state index in [1.165, 1.54) is 0 Å². The van der Waals surface area contributed by atoms with E-state index in [1.54, 1.807) is 6.92 Å². The van der Waals surface area contributed by atoms with E-state index in [0.29, 0.717) is 18.5 Å². The molecule has 0 amide bonds. The summed E-state index contributed by atoms with van der Waals surface area (Å²) in [7, 11) is 0. The molecule has 2 N–H and O–H groups in total. The van der Waals surface area contributed by atoms with Gasteiger partial charge in [0.2, 0.25) is 0 Å². The third kappa shape index (κ3) is 4.77. The van der Waals surface area contributed by atoms with E-state index in [0.717, 1.165) is 0 Å². The molecular formula is C8H19NO. The molecule has 0 aliphatic heterocycles. The SMILES string of the molecule is CC(C)[C@H](C)NC[C@H](C)O. The van der Waals surface area contributed by atoms with E-state index in [9.17, 15) is 0 Å². The van der Waals surface area contributed by atoms with Crippen LogP contribution in [0.4, 0.5) is 0 Å². The van der Waals surface area contributed by atoms with Crippen LogP contribution >= 0.6 is 0 Å². The fraction of sp³-hybridized carbons (Fsp3) is 1.00. The van der Waals surface area contributed by atoms with Crippen molar-refractivity contribution in [1.82, 2.24) is 5.32 Å². The summed E-state index contributed by atoms with van der Waals surface area (Å²) in [6, 6.07) is 0.495. The lowest BCUT2D eigenvalue weighted by atomic mass is 10.1. The molecule has 10 heavy (non-hydrogen) atoms. The molecule has 2 nitrogen and oxygen atoms in total. The minimum absolute atomic E-state index is 0.235. The van der Waals surface area contributed by atoms with Gasteiger partial charge in [0.05, 0.1) is 6.10 Å². The van der Waals surface area contributed by atoms with Gasteiger partial charge in [-0.25, -0.2) is 0 Å². The topological polar surface area (TPSA) is 32.3 Å². The van der Waals surface area contributed by atoms with Crippen LogP contribution in [0.3, 0.4) is 0 Å². The first-order valence-electron chi connectivity index (χ1n) is 3.95. The Balaban J connectivity index is 3.30. The van der Waals surface area contributed by atoms with Crippen molar-refractivity contribution in [3.05, 3.63) is 0 Å². The average molecular weight is 145 g/mol. The van der Waals surface area contributed by atoms with Crippen molar-refractivity contribution in [1.29, 1.82) is 0 Å². The van der Waals surface area contributed by atoms with Gasteiger partial charge in [0.1, 0.15) is 0 Å². The number of hydrogen-bond donors (Lipinski definition) is 2. The van der Waals surface area contributed by atoms with E-state index in [1.807, 2.05) is 0 Å². The molecule has 0 heterocycles. The molecule has 0 bridgehead atoms. The summed E-state index contributed by atoms with van der Waals surface area (Å²) in [4.78, 5) is 0. The minimum atomic E-state index is -0.235. The summed E-state index contributed by atoms with van der Waals surface area (Å²) in [5, 5.41) is 12.2. The molecule has 0 aromatic carbocycles. The first-order valence-corrected chi connectivity index (χ1v) is 3.95. The second-order valence-electron chi connectivity index (χ2n) is 3.29. The largest absolute Gasteiger partial charge is 0.392 e. The number of rotatable bonds is 4. The highest BCUT2D eigenvalue weighted by atomic mass is 16.3. The fourth-order valence-electron chi connectivity index (χ4n) is 0.592. The molecule has 0 saturated carbocycles. The van der Waals surface area contributed by atoms with Crippen molar-refractivity contribution in [2.24, 2.45) is 5.92 Å². The molecule has 0 saturated heterocycles. The average Bonchev–Trinajstić information content (AvgIpc) is 1.82.